The minimum Gasteiger partial charge on any atom is -0.340 e. The Hall–Kier alpha value is -3.25. The zero-order valence-corrected chi connectivity index (χ0v) is 15.7. The number of fused-ring (bicyclic) bond motifs is 1. The van der Waals surface area contributed by atoms with Crippen molar-refractivity contribution in [2.45, 2.75) is 6.92 Å². The van der Waals surface area contributed by atoms with Crippen molar-refractivity contribution in [3.63, 3.8) is 0 Å². The number of benzene rings is 2. The predicted octanol–water partition coefficient (Wildman–Crippen LogP) is 3.74. The number of carbonyl (C=O) groups is 1. The fourth-order valence-electron chi connectivity index (χ4n) is 2.65. The number of likely N-dealkylation sites (N-methyl/N-ethyl adjacent to an activating group) is 1. The van der Waals surface area contributed by atoms with Crippen molar-refractivity contribution in [2.75, 3.05) is 31.3 Å². The first-order valence-corrected chi connectivity index (χ1v) is 8.72. The molecule has 27 heavy (non-hydrogen) atoms. The van der Waals surface area contributed by atoms with E-state index in [9.17, 15) is 4.79 Å². The molecule has 6 heteroatoms. The molecule has 0 bridgehead atoms. The van der Waals surface area contributed by atoms with Gasteiger partial charge < -0.3 is 15.5 Å². The van der Waals surface area contributed by atoms with Gasteiger partial charge in [-0.3, -0.25) is 4.79 Å². The Balaban J connectivity index is 1.83. The first kappa shape index (κ1) is 18.5. The molecule has 0 saturated carbocycles. The lowest BCUT2D eigenvalue weighted by molar-refractivity contribution is -0.111. The highest BCUT2D eigenvalue weighted by atomic mass is 16.1. The van der Waals surface area contributed by atoms with Crippen molar-refractivity contribution >= 4 is 34.0 Å². The average molecular weight is 361 g/mol. The van der Waals surface area contributed by atoms with Gasteiger partial charge in [-0.2, -0.15) is 0 Å². The Morgan fingerprint density at radius 3 is 2.74 bits per heavy atom. The lowest BCUT2D eigenvalue weighted by Crippen LogP contribution is -2.12. The van der Waals surface area contributed by atoms with Gasteiger partial charge >= 0.3 is 0 Å². The molecule has 3 rings (SSSR count). The molecule has 6 nitrogen and oxygen atoms in total. The maximum atomic E-state index is 12.1. The van der Waals surface area contributed by atoms with Crippen molar-refractivity contribution in [3.8, 4) is 0 Å². The summed E-state index contributed by atoms with van der Waals surface area (Å²) in [7, 11) is 3.91. The van der Waals surface area contributed by atoms with Crippen LogP contribution >= 0.6 is 0 Å². The standard InChI is InChI=1S/C21H23N5O/c1-15-6-4-7-16(12-15)25-21-18-13-17(9-10-19(18)22-14-23-21)24-20(27)8-5-11-26(2)3/h4-10,12-14H,11H2,1-3H3,(H,24,27)(H,22,23,25). The van der Waals surface area contributed by atoms with Crippen LogP contribution in [0.5, 0.6) is 0 Å². The SMILES string of the molecule is Cc1cccc(Nc2ncnc3ccc(NC(=O)C=CCN(C)C)cc23)c1. The molecular formula is C21H23N5O. The number of anilines is 3. The maximum Gasteiger partial charge on any atom is 0.248 e. The number of nitrogens with zero attached hydrogens (tertiary/aromatic N) is 3. The molecule has 138 valence electrons. The number of aryl methyl sites for hydroxylation is 1. The van der Waals surface area contributed by atoms with Crippen LogP contribution in [-0.4, -0.2) is 41.4 Å². The van der Waals surface area contributed by atoms with E-state index in [0.717, 1.165) is 22.2 Å². The zero-order valence-electron chi connectivity index (χ0n) is 15.7. The van der Waals surface area contributed by atoms with E-state index < -0.39 is 0 Å². The van der Waals surface area contributed by atoms with Crippen molar-refractivity contribution in [1.29, 1.82) is 0 Å². The number of hydrogen-bond donors (Lipinski definition) is 2. The van der Waals surface area contributed by atoms with Crippen molar-refractivity contribution in [3.05, 3.63) is 66.5 Å². The minimum atomic E-state index is -0.166. The van der Waals surface area contributed by atoms with Crippen LogP contribution in [0.2, 0.25) is 0 Å². The highest BCUT2D eigenvalue weighted by Gasteiger charge is 2.07. The Kier molecular flexibility index (Phi) is 5.78. The lowest BCUT2D eigenvalue weighted by Gasteiger charge is -2.10. The van der Waals surface area contributed by atoms with Crippen LogP contribution in [0, 0.1) is 6.92 Å². The summed E-state index contributed by atoms with van der Waals surface area (Å²) in [6.45, 7) is 2.75. The van der Waals surface area contributed by atoms with Gasteiger partial charge in [-0.1, -0.05) is 18.2 Å². The highest BCUT2D eigenvalue weighted by molar-refractivity contribution is 6.01. The molecule has 1 amide bonds. The minimum absolute atomic E-state index is 0.166. The van der Waals surface area contributed by atoms with E-state index in [0.29, 0.717) is 18.1 Å². The Labute approximate surface area is 158 Å². The largest absolute Gasteiger partial charge is 0.340 e. The summed E-state index contributed by atoms with van der Waals surface area (Å²) in [6.07, 6.45) is 4.89. The average Bonchev–Trinajstić information content (AvgIpc) is 2.62. The molecule has 1 aromatic heterocycles. The smallest absolute Gasteiger partial charge is 0.248 e. The van der Waals surface area contributed by atoms with Gasteiger partial charge in [0.25, 0.3) is 0 Å². The lowest BCUT2D eigenvalue weighted by atomic mass is 10.2. The van der Waals surface area contributed by atoms with Crippen LogP contribution in [0.3, 0.4) is 0 Å². The predicted molar refractivity (Wildman–Crippen MR) is 110 cm³/mol. The van der Waals surface area contributed by atoms with Crippen LogP contribution in [0.1, 0.15) is 5.56 Å². The third-order valence-corrected chi connectivity index (χ3v) is 3.92. The summed E-state index contributed by atoms with van der Waals surface area (Å²) < 4.78 is 0. The first-order valence-electron chi connectivity index (χ1n) is 8.72. The summed E-state index contributed by atoms with van der Waals surface area (Å²) in [6, 6.07) is 13.7. The molecule has 3 aromatic rings. The molecule has 0 radical (unpaired) electrons. The quantitative estimate of drug-likeness (QED) is 0.655. The molecule has 0 fully saturated rings. The summed E-state index contributed by atoms with van der Waals surface area (Å²) in [4.78, 5) is 22.7. The van der Waals surface area contributed by atoms with Gasteiger partial charge in [0.1, 0.15) is 12.1 Å². The number of amides is 1. The fourth-order valence-corrected chi connectivity index (χ4v) is 2.65. The third-order valence-electron chi connectivity index (χ3n) is 3.92. The molecule has 1 heterocycles. The Morgan fingerprint density at radius 2 is 1.96 bits per heavy atom. The van der Waals surface area contributed by atoms with E-state index >= 15 is 0 Å². The van der Waals surface area contributed by atoms with Crippen LogP contribution in [0.25, 0.3) is 10.9 Å². The molecule has 2 N–H and O–H groups in total. The van der Waals surface area contributed by atoms with Crippen molar-refractivity contribution in [1.82, 2.24) is 14.9 Å². The second-order valence-electron chi connectivity index (χ2n) is 6.60. The van der Waals surface area contributed by atoms with Crippen molar-refractivity contribution in [2.24, 2.45) is 0 Å². The zero-order chi connectivity index (χ0) is 19.2. The maximum absolute atomic E-state index is 12.1. The van der Waals surface area contributed by atoms with E-state index in [1.165, 1.54) is 12.4 Å². The van der Waals surface area contributed by atoms with Crippen LogP contribution in [0.15, 0.2) is 60.9 Å². The number of rotatable bonds is 6. The molecule has 2 aromatic carbocycles. The molecule has 0 aliphatic carbocycles. The van der Waals surface area contributed by atoms with E-state index in [1.807, 2.05) is 68.4 Å². The number of carbonyl (C=O) groups excluding carboxylic acids is 1. The monoisotopic (exact) mass is 361 g/mol. The second kappa shape index (κ2) is 8.42. The van der Waals surface area contributed by atoms with Crippen LogP contribution in [0.4, 0.5) is 17.2 Å². The van der Waals surface area contributed by atoms with E-state index in [-0.39, 0.29) is 5.91 Å². The normalized spacial score (nSPS) is 11.3. The third kappa shape index (κ3) is 5.12. The molecule has 0 unspecified atom stereocenters. The summed E-state index contributed by atoms with van der Waals surface area (Å²) in [5.41, 5.74) is 3.62. The molecule has 0 spiro atoms. The van der Waals surface area contributed by atoms with Gasteiger partial charge in [0.15, 0.2) is 0 Å². The second-order valence-corrected chi connectivity index (χ2v) is 6.60. The van der Waals surface area contributed by atoms with Gasteiger partial charge in [-0.05, 0) is 56.9 Å². The van der Waals surface area contributed by atoms with E-state index in [4.69, 9.17) is 0 Å². The van der Waals surface area contributed by atoms with Crippen LogP contribution in [-0.2, 0) is 4.79 Å². The highest BCUT2D eigenvalue weighted by Crippen LogP contribution is 2.26. The van der Waals surface area contributed by atoms with Gasteiger partial charge in [-0.25, -0.2) is 9.97 Å². The summed E-state index contributed by atoms with van der Waals surface area (Å²) >= 11 is 0. The van der Waals surface area contributed by atoms with Crippen LogP contribution < -0.4 is 10.6 Å². The molecule has 0 saturated heterocycles. The van der Waals surface area contributed by atoms with Gasteiger partial charge in [0.05, 0.1) is 5.52 Å². The molecule has 0 aliphatic rings. The number of aromatic nitrogens is 2. The molecular weight excluding hydrogens is 338 g/mol. The van der Waals surface area contributed by atoms with Crippen molar-refractivity contribution < 1.29 is 4.79 Å². The van der Waals surface area contributed by atoms with Gasteiger partial charge in [-0.15, -0.1) is 0 Å². The fraction of sp³-hybridized carbons (Fsp3) is 0.190. The summed E-state index contributed by atoms with van der Waals surface area (Å²) in [5, 5.41) is 7.05. The van der Waals surface area contributed by atoms with E-state index in [2.05, 4.69) is 26.7 Å². The Morgan fingerprint density at radius 1 is 1.11 bits per heavy atom. The number of nitrogens with one attached hydrogen (secondary N) is 2. The van der Waals surface area contributed by atoms with Gasteiger partial charge in [0, 0.05) is 29.4 Å². The topological polar surface area (TPSA) is 70.1 Å². The molecule has 0 atom stereocenters. The number of hydrogen-bond acceptors (Lipinski definition) is 5. The summed E-state index contributed by atoms with van der Waals surface area (Å²) in [5.74, 6) is 0.533. The van der Waals surface area contributed by atoms with E-state index in [1.54, 1.807) is 0 Å². The Bertz CT molecular complexity index is 981. The van der Waals surface area contributed by atoms with Gasteiger partial charge in [0.2, 0.25) is 5.91 Å². The molecule has 0 aliphatic heterocycles. The first-order chi connectivity index (χ1) is 13.0.